The molecule has 3 rings (SSSR count). The summed E-state index contributed by atoms with van der Waals surface area (Å²) < 4.78 is 0. The molecule has 2 aromatic carbocycles. The van der Waals surface area contributed by atoms with Gasteiger partial charge in [-0.3, -0.25) is 9.59 Å². The molecule has 3 aromatic rings. The molecular formula is C17H14Cl2N6O2. The van der Waals surface area contributed by atoms with Crippen molar-refractivity contribution in [3.8, 4) is 11.4 Å². The molecule has 0 saturated carbocycles. The van der Waals surface area contributed by atoms with E-state index in [-0.39, 0.29) is 6.54 Å². The highest BCUT2D eigenvalue weighted by Gasteiger charge is 2.14. The van der Waals surface area contributed by atoms with Crippen molar-refractivity contribution in [2.24, 2.45) is 5.73 Å². The van der Waals surface area contributed by atoms with Crippen LogP contribution in [0, 0.1) is 6.92 Å². The first-order valence-corrected chi connectivity index (χ1v) is 8.53. The number of benzene rings is 2. The summed E-state index contributed by atoms with van der Waals surface area (Å²) >= 11 is 12.3. The summed E-state index contributed by atoms with van der Waals surface area (Å²) in [6.07, 6.45) is 0. The van der Waals surface area contributed by atoms with Crippen LogP contribution in [0.2, 0.25) is 10.0 Å². The third kappa shape index (κ3) is 4.24. The average Bonchev–Trinajstić information content (AvgIpc) is 3.10. The topological polar surface area (TPSA) is 116 Å². The van der Waals surface area contributed by atoms with E-state index in [1.165, 1.54) is 0 Å². The average molecular weight is 405 g/mol. The molecule has 138 valence electrons. The number of carbonyl (C=O) groups is 2. The molecule has 10 heteroatoms. The zero-order valence-electron chi connectivity index (χ0n) is 14.1. The summed E-state index contributed by atoms with van der Waals surface area (Å²) in [7, 11) is 0. The quantitative estimate of drug-likeness (QED) is 0.677. The number of aromatic nitrogens is 4. The first-order valence-electron chi connectivity index (χ1n) is 7.77. The van der Waals surface area contributed by atoms with Gasteiger partial charge in [0.25, 0.3) is 0 Å². The Morgan fingerprint density at radius 2 is 1.85 bits per heavy atom. The molecule has 0 aliphatic rings. The van der Waals surface area contributed by atoms with Gasteiger partial charge in [-0.25, -0.2) is 0 Å². The van der Waals surface area contributed by atoms with Crippen LogP contribution in [0.3, 0.4) is 0 Å². The Morgan fingerprint density at radius 1 is 1.15 bits per heavy atom. The number of amides is 2. The molecule has 1 aromatic heterocycles. The van der Waals surface area contributed by atoms with E-state index >= 15 is 0 Å². The highest BCUT2D eigenvalue weighted by atomic mass is 35.5. The summed E-state index contributed by atoms with van der Waals surface area (Å²) in [4.78, 5) is 24.5. The van der Waals surface area contributed by atoms with E-state index in [0.29, 0.717) is 32.7 Å². The van der Waals surface area contributed by atoms with E-state index in [1.54, 1.807) is 36.4 Å². The van der Waals surface area contributed by atoms with Crippen LogP contribution in [0.4, 0.5) is 5.69 Å². The van der Waals surface area contributed by atoms with Crippen molar-refractivity contribution < 1.29 is 9.59 Å². The minimum atomic E-state index is -0.525. The van der Waals surface area contributed by atoms with Gasteiger partial charge in [0.1, 0.15) is 6.54 Å². The fourth-order valence-corrected chi connectivity index (χ4v) is 2.75. The number of anilines is 1. The Morgan fingerprint density at radius 3 is 2.52 bits per heavy atom. The van der Waals surface area contributed by atoms with Gasteiger partial charge in [0, 0.05) is 11.1 Å². The predicted octanol–water partition coefficient (Wildman–Crippen LogP) is 2.69. The molecule has 3 N–H and O–H groups in total. The molecule has 2 amide bonds. The van der Waals surface area contributed by atoms with Gasteiger partial charge in [-0.1, -0.05) is 41.4 Å². The molecule has 27 heavy (non-hydrogen) atoms. The smallest absolute Gasteiger partial charge is 0.248 e. The standard InChI is InChI=1S/C17H14Cl2N6O2/c1-9-2-7-12(18)15(14(9)19)21-13(26)8-25-23-17(22-24-25)11-5-3-10(4-6-11)16(20)27/h2-7H,8H2,1H3,(H2,20,27)(H,21,26). The lowest BCUT2D eigenvalue weighted by Crippen LogP contribution is -2.21. The summed E-state index contributed by atoms with van der Waals surface area (Å²) in [5.41, 5.74) is 7.34. The summed E-state index contributed by atoms with van der Waals surface area (Å²) in [5, 5.41) is 15.3. The maximum atomic E-state index is 12.3. The molecule has 1 heterocycles. The second-order valence-corrected chi connectivity index (χ2v) is 6.47. The first-order chi connectivity index (χ1) is 12.8. The van der Waals surface area contributed by atoms with Crippen LogP contribution in [0.25, 0.3) is 11.4 Å². The fourth-order valence-electron chi connectivity index (χ4n) is 2.29. The van der Waals surface area contributed by atoms with Crippen LogP contribution in [0.15, 0.2) is 36.4 Å². The predicted molar refractivity (Wildman–Crippen MR) is 102 cm³/mol. The van der Waals surface area contributed by atoms with Crippen LogP contribution < -0.4 is 11.1 Å². The van der Waals surface area contributed by atoms with Gasteiger partial charge >= 0.3 is 0 Å². The Labute approximate surface area is 164 Å². The number of carbonyl (C=O) groups excluding carboxylic acids is 2. The Hall–Kier alpha value is -2.97. The molecular weight excluding hydrogens is 391 g/mol. The van der Waals surface area contributed by atoms with E-state index in [4.69, 9.17) is 28.9 Å². The SMILES string of the molecule is Cc1ccc(Cl)c(NC(=O)Cn2nnc(-c3ccc(C(N)=O)cc3)n2)c1Cl. The number of nitrogens with one attached hydrogen (secondary N) is 1. The van der Waals surface area contributed by atoms with Gasteiger partial charge in [-0.2, -0.15) is 4.80 Å². The minimum Gasteiger partial charge on any atom is -0.366 e. The lowest BCUT2D eigenvalue weighted by atomic mass is 10.1. The Bertz CT molecular complexity index is 1020. The first kappa shape index (κ1) is 18.8. The van der Waals surface area contributed by atoms with Crippen molar-refractivity contribution in [1.82, 2.24) is 20.2 Å². The monoisotopic (exact) mass is 404 g/mol. The highest BCUT2D eigenvalue weighted by Crippen LogP contribution is 2.32. The molecule has 0 aliphatic carbocycles. The molecule has 0 saturated heterocycles. The van der Waals surface area contributed by atoms with E-state index in [0.717, 1.165) is 10.4 Å². The molecule has 0 aliphatic heterocycles. The number of halogens is 2. The van der Waals surface area contributed by atoms with Crippen LogP contribution >= 0.6 is 23.2 Å². The number of nitrogens with zero attached hydrogens (tertiary/aromatic N) is 4. The van der Waals surface area contributed by atoms with Crippen LogP contribution in [-0.4, -0.2) is 32.0 Å². The van der Waals surface area contributed by atoms with Crippen molar-refractivity contribution in [3.63, 3.8) is 0 Å². The molecule has 8 nitrogen and oxygen atoms in total. The van der Waals surface area contributed by atoms with Gasteiger partial charge in [-0.05, 0) is 35.9 Å². The van der Waals surface area contributed by atoms with Gasteiger partial charge in [0.05, 0.1) is 15.7 Å². The van der Waals surface area contributed by atoms with Gasteiger partial charge in [0.2, 0.25) is 17.6 Å². The summed E-state index contributed by atoms with van der Waals surface area (Å²) in [6.45, 7) is 1.63. The zero-order valence-corrected chi connectivity index (χ0v) is 15.6. The van der Waals surface area contributed by atoms with Gasteiger partial charge < -0.3 is 11.1 Å². The fraction of sp³-hybridized carbons (Fsp3) is 0.118. The van der Waals surface area contributed by atoms with Crippen molar-refractivity contribution in [3.05, 3.63) is 57.6 Å². The highest BCUT2D eigenvalue weighted by molar-refractivity contribution is 6.40. The third-order valence-electron chi connectivity index (χ3n) is 3.71. The van der Waals surface area contributed by atoms with E-state index in [1.807, 2.05) is 6.92 Å². The van der Waals surface area contributed by atoms with Crippen molar-refractivity contribution in [2.45, 2.75) is 13.5 Å². The number of rotatable bonds is 5. The maximum absolute atomic E-state index is 12.3. The lowest BCUT2D eigenvalue weighted by Gasteiger charge is -2.10. The van der Waals surface area contributed by atoms with E-state index in [9.17, 15) is 9.59 Å². The summed E-state index contributed by atoms with van der Waals surface area (Å²) in [5.74, 6) is -0.619. The van der Waals surface area contributed by atoms with Crippen molar-refractivity contribution >= 4 is 40.7 Å². The number of primary amides is 1. The van der Waals surface area contributed by atoms with Gasteiger partial charge in [0.15, 0.2) is 0 Å². The second kappa shape index (κ2) is 7.73. The largest absolute Gasteiger partial charge is 0.366 e. The van der Waals surface area contributed by atoms with Crippen LogP contribution in [-0.2, 0) is 11.3 Å². The molecule has 0 bridgehead atoms. The van der Waals surface area contributed by atoms with E-state index in [2.05, 4.69) is 20.7 Å². The molecule has 0 radical (unpaired) electrons. The summed E-state index contributed by atoms with van der Waals surface area (Å²) in [6, 6.07) is 9.83. The molecule has 0 fully saturated rings. The number of hydrogen-bond acceptors (Lipinski definition) is 5. The molecule has 0 spiro atoms. The van der Waals surface area contributed by atoms with Crippen molar-refractivity contribution in [2.75, 3.05) is 5.32 Å². The van der Waals surface area contributed by atoms with Crippen molar-refractivity contribution in [1.29, 1.82) is 0 Å². The minimum absolute atomic E-state index is 0.174. The second-order valence-electron chi connectivity index (χ2n) is 5.69. The van der Waals surface area contributed by atoms with E-state index < -0.39 is 11.8 Å². The molecule has 0 atom stereocenters. The van der Waals surface area contributed by atoms with Crippen LogP contribution in [0.1, 0.15) is 15.9 Å². The number of nitrogens with two attached hydrogens (primary N) is 1. The van der Waals surface area contributed by atoms with Gasteiger partial charge in [-0.15, -0.1) is 10.2 Å². The zero-order chi connectivity index (χ0) is 19.6. The number of aryl methyl sites for hydroxylation is 1. The number of hydrogen-bond donors (Lipinski definition) is 2. The lowest BCUT2D eigenvalue weighted by molar-refractivity contribution is -0.117. The maximum Gasteiger partial charge on any atom is 0.248 e. The normalized spacial score (nSPS) is 10.6. The number of tetrazole rings is 1. The van der Waals surface area contributed by atoms with Crippen LogP contribution in [0.5, 0.6) is 0 Å². The third-order valence-corrected chi connectivity index (χ3v) is 4.52. The molecule has 0 unspecified atom stereocenters. The Kier molecular flexibility index (Phi) is 5.38. The Balaban J connectivity index is 1.71.